The highest BCUT2D eigenvalue weighted by atomic mass is 16.2. The van der Waals surface area contributed by atoms with E-state index in [2.05, 4.69) is 11.4 Å². The molecular formula is C14H18N4O2. The molecular weight excluding hydrogens is 256 g/mol. The number of carbonyl (C=O) groups is 2. The largest absolute Gasteiger partial charge is 0.325 e. The lowest BCUT2D eigenvalue weighted by molar-refractivity contribution is -0.132. The van der Waals surface area contributed by atoms with Crippen LogP contribution in [0.2, 0.25) is 0 Å². The minimum Gasteiger partial charge on any atom is -0.323 e. The van der Waals surface area contributed by atoms with Gasteiger partial charge in [-0.1, -0.05) is 19.3 Å². The average Bonchev–Trinajstić information content (AvgIpc) is 2.68. The molecule has 106 valence electrons. The second-order valence-electron chi connectivity index (χ2n) is 5.51. The number of hydrogen-bond donors (Lipinski definition) is 1. The van der Waals surface area contributed by atoms with Gasteiger partial charge in [-0.25, -0.2) is 4.79 Å². The lowest BCUT2D eigenvalue weighted by atomic mass is 9.81. The van der Waals surface area contributed by atoms with Crippen LogP contribution in [0.3, 0.4) is 0 Å². The molecule has 0 aromatic carbocycles. The predicted octanol–water partition coefficient (Wildman–Crippen LogP) is 1.68. The molecule has 1 aliphatic heterocycles. The van der Waals surface area contributed by atoms with Crippen LogP contribution in [0.4, 0.5) is 4.79 Å². The maximum Gasteiger partial charge on any atom is 0.325 e. The Kier molecular flexibility index (Phi) is 4.24. The van der Waals surface area contributed by atoms with Crippen molar-refractivity contribution in [3.8, 4) is 12.1 Å². The van der Waals surface area contributed by atoms with E-state index in [0.717, 1.165) is 24.2 Å². The summed E-state index contributed by atoms with van der Waals surface area (Å²) in [4.78, 5) is 25.7. The van der Waals surface area contributed by atoms with E-state index in [9.17, 15) is 9.59 Å². The Morgan fingerprint density at radius 2 is 1.95 bits per heavy atom. The zero-order chi connectivity index (χ0) is 14.6. The van der Waals surface area contributed by atoms with E-state index in [4.69, 9.17) is 10.5 Å². The van der Waals surface area contributed by atoms with Gasteiger partial charge in [0.2, 0.25) is 0 Å². The van der Waals surface area contributed by atoms with Crippen LogP contribution < -0.4 is 5.32 Å². The van der Waals surface area contributed by atoms with Gasteiger partial charge in [-0.3, -0.25) is 9.69 Å². The van der Waals surface area contributed by atoms with E-state index in [0.29, 0.717) is 19.3 Å². The van der Waals surface area contributed by atoms with Gasteiger partial charge >= 0.3 is 6.03 Å². The summed E-state index contributed by atoms with van der Waals surface area (Å²) in [5.74, 6) is -0.664. The number of amides is 3. The highest BCUT2D eigenvalue weighted by Crippen LogP contribution is 2.34. The normalized spacial score (nSPS) is 22.2. The zero-order valence-electron chi connectivity index (χ0n) is 11.4. The lowest BCUT2D eigenvalue weighted by Crippen LogP contribution is -2.48. The molecule has 1 spiro atoms. The van der Waals surface area contributed by atoms with Gasteiger partial charge in [0, 0.05) is 13.0 Å². The Hall–Kier alpha value is -2.08. The van der Waals surface area contributed by atoms with Crippen LogP contribution in [0.1, 0.15) is 44.9 Å². The van der Waals surface area contributed by atoms with Gasteiger partial charge in [0.25, 0.3) is 5.91 Å². The minimum atomic E-state index is -0.732. The minimum absolute atomic E-state index is 0.0879. The number of imide groups is 1. The smallest absolute Gasteiger partial charge is 0.323 e. The molecule has 0 aromatic rings. The van der Waals surface area contributed by atoms with Crippen molar-refractivity contribution < 1.29 is 9.59 Å². The van der Waals surface area contributed by atoms with Crippen LogP contribution in [0.25, 0.3) is 0 Å². The van der Waals surface area contributed by atoms with Crippen LogP contribution in [0, 0.1) is 28.6 Å². The van der Waals surface area contributed by atoms with E-state index < -0.39 is 17.5 Å². The zero-order valence-corrected chi connectivity index (χ0v) is 11.4. The monoisotopic (exact) mass is 274 g/mol. The number of urea groups is 1. The number of carbonyl (C=O) groups excluding carboxylic acids is 2. The standard InChI is InChI=1S/C14H18N4O2/c15-8-4-5-11(9-16)10-18-12(19)14(17-13(18)20)6-2-1-3-7-14/h11H,1-7,10H2,(H,17,20). The van der Waals surface area contributed by atoms with E-state index in [1.165, 1.54) is 0 Å². The Bertz CT molecular complexity index is 482. The van der Waals surface area contributed by atoms with E-state index >= 15 is 0 Å². The van der Waals surface area contributed by atoms with Crippen LogP contribution in [-0.4, -0.2) is 28.9 Å². The first-order valence-corrected chi connectivity index (χ1v) is 7.03. The predicted molar refractivity (Wildman–Crippen MR) is 70.0 cm³/mol. The third-order valence-electron chi connectivity index (χ3n) is 4.14. The summed E-state index contributed by atoms with van der Waals surface area (Å²) in [5, 5.41) is 20.4. The van der Waals surface area contributed by atoms with Gasteiger partial charge < -0.3 is 5.32 Å². The summed E-state index contributed by atoms with van der Waals surface area (Å²) >= 11 is 0. The SMILES string of the molecule is N#CCCC(C#N)CN1C(=O)NC2(CCCCC2)C1=O. The summed E-state index contributed by atoms with van der Waals surface area (Å²) in [6.45, 7) is 0.0879. The van der Waals surface area contributed by atoms with Gasteiger partial charge in [0.1, 0.15) is 5.54 Å². The number of nitrogens with zero attached hydrogens (tertiary/aromatic N) is 3. The van der Waals surface area contributed by atoms with Gasteiger partial charge in [-0.15, -0.1) is 0 Å². The van der Waals surface area contributed by atoms with Crippen LogP contribution in [0.15, 0.2) is 0 Å². The van der Waals surface area contributed by atoms with Crippen molar-refractivity contribution in [1.82, 2.24) is 10.2 Å². The topological polar surface area (TPSA) is 97.0 Å². The van der Waals surface area contributed by atoms with Crippen molar-refractivity contribution in [1.29, 1.82) is 10.5 Å². The fraction of sp³-hybridized carbons (Fsp3) is 0.714. The van der Waals surface area contributed by atoms with Gasteiger partial charge in [-0.2, -0.15) is 10.5 Å². The molecule has 1 saturated carbocycles. The van der Waals surface area contributed by atoms with Gasteiger partial charge in [-0.05, 0) is 19.3 Å². The van der Waals surface area contributed by atoms with Crippen molar-refractivity contribution in [3.05, 3.63) is 0 Å². The van der Waals surface area contributed by atoms with Gasteiger partial charge in [0.05, 0.1) is 18.1 Å². The van der Waals surface area contributed by atoms with Gasteiger partial charge in [0.15, 0.2) is 0 Å². The summed E-state index contributed by atoms with van der Waals surface area (Å²) in [7, 11) is 0. The first-order chi connectivity index (χ1) is 9.63. The molecule has 1 unspecified atom stereocenters. The average molecular weight is 274 g/mol. The molecule has 0 radical (unpaired) electrons. The molecule has 1 heterocycles. The van der Waals surface area contributed by atoms with Crippen molar-refractivity contribution in [2.75, 3.05) is 6.54 Å². The molecule has 0 aromatic heterocycles. The van der Waals surface area contributed by atoms with E-state index in [1.807, 2.05) is 6.07 Å². The highest BCUT2D eigenvalue weighted by Gasteiger charge is 2.51. The van der Waals surface area contributed by atoms with E-state index in [1.54, 1.807) is 0 Å². The molecule has 6 nitrogen and oxygen atoms in total. The molecule has 1 aliphatic carbocycles. The summed E-state index contributed by atoms with van der Waals surface area (Å²) in [6, 6.07) is 3.66. The molecule has 20 heavy (non-hydrogen) atoms. The summed E-state index contributed by atoms with van der Waals surface area (Å²) in [6.07, 6.45) is 4.98. The number of hydrogen-bond acceptors (Lipinski definition) is 4. The second kappa shape index (κ2) is 5.92. The Labute approximate surface area is 118 Å². The highest BCUT2D eigenvalue weighted by molar-refractivity contribution is 6.07. The Morgan fingerprint density at radius 3 is 2.55 bits per heavy atom. The Balaban J connectivity index is 2.05. The molecule has 2 aliphatic rings. The molecule has 2 rings (SSSR count). The maximum atomic E-state index is 12.5. The number of nitrogens with one attached hydrogen (secondary N) is 1. The Morgan fingerprint density at radius 1 is 1.25 bits per heavy atom. The molecule has 1 N–H and O–H groups in total. The van der Waals surface area contributed by atoms with Crippen LogP contribution in [0.5, 0.6) is 0 Å². The number of nitriles is 2. The second-order valence-corrected chi connectivity index (χ2v) is 5.51. The first-order valence-electron chi connectivity index (χ1n) is 7.03. The molecule has 3 amide bonds. The van der Waals surface area contributed by atoms with Crippen molar-refractivity contribution in [2.24, 2.45) is 5.92 Å². The summed E-state index contributed by atoms with van der Waals surface area (Å²) in [5.41, 5.74) is -0.732. The lowest BCUT2D eigenvalue weighted by Gasteiger charge is -2.30. The maximum absolute atomic E-state index is 12.5. The van der Waals surface area contributed by atoms with Crippen molar-refractivity contribution >= 4 is 11.9 Å². The van der Waals surface area contributed by atoms with E-state index in [-0.39, 0.29) is 18.9 Å². The van der Waals surface area contributed by atoms with Crippen molar-refractivity contribution in [2.45, 2.75) is 50.5 Å². The summed E-state index contributed by atoms with van der Waals surface area (Å²) < 4.78 is 0. The fourth-order valence-electron chi connectivity index (χ4n) is 2.99. The molecule has 1 atom stereocenters. The molecule has 1 saturated heterocycles. The third-order valence-corrected chi connectivity index (χ3v) is 4.14. The van der Waals surface area contributed by atoms with Crippen molar-refractivity contribution in [3.63, 3.8) is 0 Å². The first kappa shape index (κ1) is 14.3. The quantitative estimate of drug-likeness (QED) is 0.789. The van der Waals surface area contributed by atoms with Crippen LogP contribution >= 0.6 is 0 Å². The number of rotatable bonds is 4. The third kappa shape index (κ3) is 2.60. The molecule has 6 heteroatoms. The molecule has 0 bridgehead atoms. The fourth-order valence-corrected chi connectivity index (χ4v) is 2.99. The molecule has 2 fully saturated rings. The van der Waals surface area contributed by atoms with Crippen LogP contribution in [-0.2, 0) is 4.79 Å².